The summed E-state index contributed by atoms with van der Waals surface area (Å²) in [6.07, 6.45) is -0.349. The maximum absolute atomic E-state index is 12.2. The normalized spacial score (nSPS) is 11.5. The summed E-state index contributed by atoms with van der Waals surface area (Å²) in [4.78, 5) is 34.4. The van der Waals surface area contributed by atoms with Crippen LogP contribution in [0.25, 0.3) is 0 Å². The Hall–Kier alpha value is -2.94. The molecule has 0 aliphatic carbocycles. The molecule has 0 radical (unpaired) electrons. The van der Waals surface area contributed by atoms with Gasteiger partial charge in [0, 0.05) is 18.6 Å². The number of esters is 1. The number of amides is 1. The van der Waals surface area contributed by atoms with E-state index in [1.54, 1.807) is 11.3 Å². The molecule has 0 spiro atoms. The Morgan fingerprint density at radius 2 is 2.12 bits per heavy atom. The number of hydrogen-bond donors (Lipinski definition) is 1. The summed E-state index contributed by atoms with van der Waals surface area (Å²) in [6, 6.07) is 5.75. The van der Waals surface area contributed by atoms with Crippen molar-refractivity contribution in [2.24, 2.45) is 0 Å². The zero-order valence-corrected chi connectivity index (χ0v) is 15.1. The molecule has 0 saturated heterocycles. The van der Waals surface area contributed by atoms with Crippen molar-refractivity contribution in [2.45, 2.75) is 25.9 Å². The fraction of sp³-hybridized carbons (Fsp3) is 0.294. The Balaban J connectivity index is 1.94. The highest BCUT2D eigenvalue weighted by Crippen LogP contribution is 2.29. The van der Waals surface area contributed by atoms with Gasteiger partial charge in [0.15, 0.2) is 6.10 Å². The molecule has 0 aliphatic rings. The molecule has 1 aromatic heterocycles. The van der Waals surface area contributed by atoms with Crippen LogP contribution in [0.4, 0.5) is 11.4 Å². The van der Waals surface area contributed by atoms with Gasteiger partial charge < -0.3 is 14.8 Å². The second-order valence-corrected chi connectivity index (χ2v) is 6.17. The number of methoxy groups -OCH3 is 1. The Kier molecular flexibility index (Phi) is 6.67. The first-order chi connectivity index (χ1) is 12.4. The Bertz CT molecular complexity index is 791. The summed E-state index contributed by atoms with van der Waals surface area (Å²) in [5.74, 6) is -0.836. The van der Waals surface area contributed by atoms with E-state index < -0.39 is 22.9 Å². The quantitative estimate of drug-likeness (QED) is 0.429. The topological polar surface area (TPSA) is 108 Å². The SMILES string of the molecule is COc1ccc([N+](=O)[O-])cc1NC(=O)[C@@H](C)OC(=O)CCc1ccsc1. The van der Waals surface area contributed by atoms with Crippen LogP contribution in [0.1, 0.15) is 18.9 Å². The standard InChI is InChI=1S/C17H18N2O6S/c1-11(25-16(20)6-3-12-7-8-26-10-12)17(21)18-14-9-13(19(22)23)4-5-15(14)24-2/h4-5,7-11H,3,6H2,1-2H3,(H,18,21)/t11-/m1/s1. The first kappa shape index (κ1) is 19.4. The molecule has 1 N–H and O–H groups in total. The summed E-state index contributed by atoms with van der Waals surface area (Å²) in [7, 11) is 1.38. The molecule has 1 amide bonds. The molecule has 0 bridgehead atoms. The van der Waals surface area contributed by atoms with Crippen molar-refractivity contribution in [3.63, 3.8) is 0 Å². The van der Waals surface area contributed by atoms with E-state index in [1.807, 2.05) is 16.8 Å². The summed E-state index contributed by atoms with van der Waals surface area (Å²) < 4.78 is 10.2. The van der Waals surface area contributed by atoms with Gasteiger partial charge in [0.2, 0.25) is 0 Å². The molecule has 1 aromatic carbocycles. The van der Waals surface area contributed by atoms with Crippen LogP contribution in [0.3, 0.4) is 0 Å². The number of anilines is 1. The van der Waals surface area contributed by atoms with Gasteiger partial charge in [-0.15, -0.1) is 0 Å². The summed E-state index contributed by atoms with van der Waals surface area (Å²) in [6.45, 7) is 1.43. The van der Waals surface area contributed by atoms with Gasteiger partial charge in [-0.3, -0.25) is 19.7 Å². The van der Waals surface area contributed by atoms with Crippen LogP contribution < -0.4 is 10.1 Å². The average Bonchev–Trinajstić information content (AvgIpc) is 3.13. The lowest BCUT2D eigenvalue weighted by Gasteiger charge is -2.15. The number of nitrogens with zero attached hydrogens (tertiary/aromatic N) is 1. The van der Waals surface area contributed by atoms with Gasteiger partial charge in [0.05, 0.1) is 17.7 Å². The number of non-ortho nitro benzene ring substituents is 1. The fourth-order valence-corrected chi connectivity index (χ4v) is 2.84. The number of hydrogen-bond acceptors (Lipinski definition) is 7. The largest absolute Gasteiger partial charge is 0.495 e. The molecule has 26 heavy (non-hydrogen) atoms. The van der Waals surface area contributed by atoms with Crippen LogP contribution in [0.5, 0.6) is 5.75 Å². The Morgan fingerprint density at radius 1 is 1.35 bits per heavy atom. The van der Waals surface area contributed by atoms with E-state index in [0.29, 0.717) is 6.42 Å². The number of nitro groups is 1. The highest BCUT2D eigenvalue weighted by atomic mass is 32.1. The highest BCUT2D eigenvalue weighted by molar-refractivity contribution is 7.07. The molecule has 0 aliphatic heterocycles. The van der Waals surface area contributed by atoms with Crippen LogP contribution in [-0.4, -0.2) is 30.0 Å². The number of aryl methyl sites for hydroxylation is 1. The van der Waals surface area contributed by atoms with Gasteiger partial charge in [-0.25, -0.2) is 0 Å². The van der Waals surface area contributed by atoms with Crippen LogP contribution in [0.2, 0.25) is 0 Å². The highest BCUT2D eigenvalue weighted by Gasteiger charge is 2.20. The third kappa shape index (κ3) is 5.28. The zero-order valence-electron chi connectivity index (χ0n) is 14.3. The third-order valence-electron chi connectivity index (χ3n) is 3.53. The van der Waals surface area contributed by atoms with Crippen LogP contribution in [0, 0.1) is 10.1 Å². The van der Waals surface area contributed by atoms with Crippen molar-refractivity contribution in [3.8, 4) is 5.75 Å². The van der Waals surface area contributed by atoms with Gasteiger partial charge in [-0.1, -0.05) is 0 Å². The second-order valence-electron chi connectivity index (χ2n) is 5.39. The molecule has 8 nitrogen and oxygen atoms in total. The molecule has 2 rings (SSSR count). The molecule has 138 valence electrons. The lowest BCUT2D eigenvalue weighted by Crippen LogP contribution is -2.30. The molecule has 0 unspecified atom stereocenters. The first-order valence-corrected chi connectivity index (χ1v) is 8.69. The Labute approximate surface area is 153 Å². The average molecular weight is 378 g/mol. The van der Waals surface area contributed by atoms with Crippen LogP contribution in [-0.2, 0) is 20.7 Å². The second kappa shape index (κ2) is 8.95. The fourth-order valence-electron chi connectivity index (χ4n) is 2.13. The van der Waals surface area contributed by atoms with Gasteiger partial charge in [-0.05, 0) is 41.8 Å². The van der Waals surface area contributed by atoms with Gasteiger partial charge in [-0.2, -0.15) is 11.3 Å². The monoisotopic (exact) mass is 378 g/mol. The third-order valence-corrected chi connectivity index (χ3v) is 4.26. The van der Waals surface area contributed by atoms with Crippen molar-refractivity contribution >= 4 is 34.6 Å². The predicted molar refractivity (Wildman–Crippen MR) is 96.5 cm³/mol. The minimum Gasteiger partial charge on any atom is -0.495 e. The molecule has 1 heterocycles. The van der Waals surface area contributed by atoms with Gasteiger partial charge in [0.1, 0.15) is 5.75 Å². The molecule has 9 heteroatoms. The smallest absolute Gasteiger partial charge is 0.306 e. The van der Waals surface area contributed by atoms with Crippen molar-refractivity contribution < 1.29 is 24.0 Å². The molecule has 2 aromatic rings. The van der Waals surface area contributed by atoms with Crippen molar-refractivity contribution in [1.82, 2.24) is 0 Å². The summed E-state index contributed by atoms with van der Waals surface area (Å²) in [5, 5.41) is 17.2. The van der Waals surface area contributed by atoms with Gasteiger partial charge >= 0.3 is 5.97 Å². The number of rotatable bonds is 8. The van der Waals surface area contributed by atoms with E-state index >= 15 is 0 Å². The van der Waals surface area contributed by atoms with Crippen molar-refractivity contribution in [2.75, 3.05) is 12.4 Å². The summed E-state index contributed by atoms with van der Waals surface area (Å²) >= 11 is 1.54. The van der Waals surface area contributed by atoms with E-state index in [2.05, 4.69) is 5.32 Å². The van der Waals surface area contributed by atoms with E-state index in [-0.39, 0.29) is 23.5 Å². The molecular formula is C17H18N2O6S. The maximum Gasteiger partial charge on any atom is 0.306 e. The minimum absolute atomic E-state index is 0.132. The maximum atomic E-state index is 12.2. The number of nitrogens with one attached hydrogen (secondary N) is 1. The molecule has 0 fully saturated rings. The van der Waals surface area contributed by atoms with E-state index in [1.165, 1.54) is 32.2 Å². The number of nitro benzene ring substituents is 1. The zero-order chi connectivity index (χ0) is 19.1. The Morgan fingerprint density at radius 3 is 2.73 bits per heavy atom. The van der Waals surface area contributed by atoms with E-state index in [0.717, 1.165) is 5.56 Å². The lowest BCUT2D eigenvalue weighted by atomic mass is 10.2. The lowest BCUT2D eigenvalue weighted by molar-refractivity contribution is -0.384. The predicted octanol–water partition coefficient (Wildman–Crippen LogP) is 3.17. The van der Waals surface area contributed by atoms with Gasteiger partial charge in [0.25, 0.3) is 11.6 Å². The molecule has 0 saturated carbocycles. The first-order valence-electron chi connectivity index (χ1n) is 7.74. The number of ether oxygens (including phenoxy) is 2. The van der Waals surface area contributed by atoms with Crippen LogP contribution in [0.15, 0.2) is 35.0 Å². The number of benzene rings is 1. The molecular weight excluding hydrogens is 360 g/mol. The number of carbonyl (C=O) groups is 2. The number of thiophene rings is 1. The van der Waals surface area contributed by atoms with E-state index in [4.69, 9.17) is 9.47 Å². The number of carbonyl (C=O) groups excluding carboxylic acids is 2. The molecule has 1 atom stereocenters. The van der Waals surface area contributed by atoms with Crippen molar-refractivity contribution in [3.05, 3.63) is 50.7 Å². The van der Waals surface area contributed by atoms with E-state index in [9.17, 15) is 19.7 Å². The van der Waals surface area contributed by atoms with Crippen molar-refractivity contribution in [1.29, 1.82) is 0 Å². The minimum atomic E-state index is -1.05. The van der Waals surface area contributed by atoms with Crippen LogP contribution >= 0.6 is 11.3 Å². The summed E-state index contributed by atoms with van der Waals surface area (Å²) in [5.41, 5.74) is 0.972.